The van der Waals surface area contributed by atoms with Gasteiger partial charge in [0.05, 0.1) is 18.3 Å². The van der Waals surface area contributed by atoms with Crippen LogP contribution in [0.3, 0.4) is 0 Å². The molecule has 0 fully saturated rings. The maximum atomic E-state index is 6.51. The van der Waals surface area contributed by atoms with Gasteiger partial charge in [-0.3, -0.25) is 0 Å². The van der Waals surface area contributed by atoms with Gasteiger partial charge in [-0.1, -0.05) is 20.8 Å². The van der Waals surface area contributed by atoms with Crippen LogP contribution in [0, 0.1) is 0 Å². The molecule has 1 rings (SSSR count). The first-order valence-electron chi connectivity index (χ1n) is 7.09. The molecule has 106 valence electrons. The van der Waals surface area contributed by atoms with Crippen LogP contribution < -0.4 is 0 Å². The Labute approximate surface area is 118 Å². The first-order chi connectivity index (χ1) is 8.13. The van der Waals surface area contributed by atoms with Gasteiger partial charge in [-0.15, -0.1) is 0 Å². The zero-order chi connectivity index (χ0) is 14.0. The van der Waals surface area contributed by atoms with Crippen molar-refractivity contribution in [2.75, 3.05) is 12.5 Å². The van der Waals surface area contributed by atoms with Crippen LogP contribution in [0.25, 0.3) is 0 Å². The average Bonchev–Trinajstić information content (AvgIpc) is 2.40. The summed E-state index contributed by atoms with van der Waals surface area (Å²) in [4.78, 5) is 0. The van der Waals surface area contributed by atoms with E-state index in [1.54, 1.807) is 0 Å². The Kier molecular flexibility index (Phi) is 5.42. The van der Waals surface area contributed by atoms with E-state index in [2.05, 4.69) is 52.5 Å². The van der Waals surface area contributed by atoms with Crippen LogP contribution in [0.1, 0.15) is 46.5 Å². The largest absolute Gasteiger partial charge is 0.547 e. The molecule has 1 atom stereocenters. The second-order valence-electron chi connectivity index (χ2n) is 7.16. The summed E-state index contributed by atoms with van der Waals surface area (Å²) in [7, 11) is -1.17. The zero-order valence-corrected chi connectivity index (χ0v) is 15.1. The summed E-state index contributed by atoms with van der Waals surface area (Å²) in [6.45, 7) is 11.7. The van der Waals surface area contributed by atoms with Gasteiger partial charge in [0.25, 0.3) is 0 Å². The van der Waals surface area contributed by atoms with Crippen LogP contribution >= 0.6 is 0 Å². The highest BCUT2D eigenvalue weighted by atomic mass is 32.2. The second kappa shape index (κ2) is 6.04. The summed E-state index contributed by atoms with van der Waals surface area (Å²) in [6.07, 6.45) is 12.3. The van der Waals surface area contributed by atoms with Gasteiger partial charge in [0, 0.05) is 12.5 Å². The van der Waals surface area contributed by atoms with Crippen molar-refractivity contribution >= 4 is 19.2 Å². The van der Waals surface area contributed by atoms with Gasteiger partial charge < -0.3 is 4.43 Å². The molecule has 0 aromatic rings. The molecule has 0 spiro atoms. The second-order valence-corrected chi connectivity index (χ2v) is 14.2. The first kappa shape index (κ1) is 16.2. The van der Waals surface area contributed by atoms with Gasteiger partial charge in [0.2, 0.25) is 8.32 Å². The molecule has 1 nitrogen and oxygen atoms in total. The first-order valence-corrected chi connectivity index (χ1v) is 12.1. The van der Waals surface area contributed by atoms with E-state index in [0.717, 1.165) is 11.7 Å². The third kappa shape index (κ3) is 4.34. The number of hydrogen-bond acceptors (Lipinski definition) is 1. The third-order valence-electron chi connectivity index (χ3n) is 4.33. The predicted octanol–water partition coefficient (Wildman–Crippen LogP) is 4.71. The quantitative estimate of drug-likeness (QED) is 0.539. The van der Waals surface area contributed by atoms with Crippen molar-refractivity contribution in [2.45, 2.75) is 69.8 Å². The fraction of sp³-hybridized carbons (Fsp3) is 0.867. The zero-order valence-electron chi connectivity index (χ0n) is 13.3. The van der Waals surface area contributed by atoms with Crippen molar-refractivity contribution in [2.24, 2.45) is 0 Å². The standard InChI is InChI=1S/C15H31OSSi/c1-15(2,3)18(6,7)16-13-10-8-9-11-14(12-13)17(4)5/h12,14H,8-11H2,1-7H3/q+1. The minimum atomic E-state index is -1.64. The van der Waals surface area contributed by atoms with Crippen molar-refractivity contribution in [3.8, 4) is 0 Å². The summed E-state index contributed by atoms with van der Waals surface area (Å²) in [5, 5.41) is 1.04. The van der Waals surface area contributed by atoms with Gasteiger partial charge in [-0.25, -0.2) is 0 Å². The lowest BCUT2D eigenvalue weighted by molar-refractivity contribution is 0.364. The molecular formula is C15H31OSSi+. The van der Waals surface area contributed by atoms with Gasteiger partial charge in [0.1, 0.15) is 5.25 Å². The molecule has 0 aliphatic heterocycles. The van der Waals surface area contributed by atoms with Crippen LogP contribution in [-0.2, 0) is 15.3 Å². The molecule has 0 bridgehead atoms. The molecule has 1 aliphatic rings. The van der Waals surface area contributed by atoms with Crippen LogP contribution in [-0.4, -0.2) is 26.1 Å². The molecule has 18 heavy (non-hydrogen) atoms. The van der Waals surface area contributed by atoms with Crippen LogP contribution in [0.15, 0.2) is 11.8 Å². The van der Waals surface area contributed by atoms with E-state index in [1.165, 1.54) is 25.0 Å². The van der Waals surface area contributed by atoms with Crippen molar-refractivity contribution in [3.05, 3.63) is 11.8 Å². The molecule has 0 aromatic heterocycles. The molecule has 0 radical (unpaired) electrons. The summed E-state index contributed by atoms with van der Waals surface area (Å²) in [5.74, 6) is 1.30. The average molecular weight is 288 g/mol. The molecule has 0 saturated heterocycles. The molecule has 0 saturated carbocycles. The van der Waals surface area contributed by atoms with Gasteiger partial charge in [-0.2, -0.15) is 0 Å². The van der Waals surface area contributed by atoms with Crippen LogP contribution in [0.2, 0.25) is 18.1 Å². The highest BCUT2D eigenvalue weighted by molar-refractivity contribution is 7.96. The maximum Gasteiger partial charge on any atom is 0.250 e. The van der Waals surface area contributed by atoms with E-state index in [9.17, 15) is 0 Å². The van der Waals surface area contributed by atoms with E-state index < -0.39 is 8.32 Å². The molecule has 1 unspecified atom stereocenters. The molecule has 0 amide bonds. The fourth-order valence-electron chi connectivity index (χ4n) is 1.96. The molecule has 0 N–H and O–H groups in total. The van der Waals surface area contributed by atoms with Gasteiger partial charge in [-0.05, 0) is 48.3 Å². The highest BCUT2D eigenvalue weighted by Gasteiger charge is 2.39. The van der Waals surface area contributed by atoms with E-state index >= 15 is 0 Å². The predicted molar refractivity (Wildman–Crippen MR) is 87.8 cm³/mol. The van der Waals surface area contributed by atoms with E-state index in [0.29, 0.717) is 15.9 Å². The Morgan fingerprint density at radius 3 is 2.33 bits per heavy atom. The lowest BCUT2D eigenvalue weighted by Crippen LogP contribution is -2.40. The third-order valence-corrected chi connectivity index (χ3v) is 10.3. The van der Waals surface area contributed by atoms with E-state index in [1.807, 2.05) is 0 Å². The fourth-order valence-corrected chi connectivity index (χ4v) is 4.15. The van der Waals surface area contributed by atoms with Crippen molar-refractivity contribution in [1.29, 1.82) is 0 Å². The summed E-state index contributed by atoms with van der Waals surface area (Å²) >= 11 is 0. The lowest BCUT2D eigenvalue weighted by Gasteiger charge is -2.37. The minimum absolute atomic E-state index is 0.301. The van der Waals surface area contributed by atoms with Crippen molar-refractivity contribution < 1.29 is 4.43 Å². The molecule has 0 heterocycles. The summed E-state index contributed by atoms with van der Waals surface area (Å²) in [5.41, 5.74) is 0. The van der Waals surface area contributed by atoms with E-state index in [-0.39, 0.29) is 0 Å². The summed E-state index contributed by atoms with van der Waals surface area (Å²) < 4.78 is 6.51. The van der Waals surface area contributed by atoms with Crippen molar-refractivity contribution in [3.63, 3.8) is 0 Å². The van der Waals surface area contributed by atoms with E-state index in [4.69, 9.17) is 4.43 Å². The van der Waals surface area contributed by atoms with Gasteiger partial charge >= 0.3 is 0 Å². The van der Waals surface area contributed by atoms with Crippen molar-refractivity contribution in [1.82, 2.24) is 0 Å². The Bertz CT molecular complexity index is 302. The topological polar surface area (TPSA) is 9.23 Å². The number of hydrogen-bond donors (Lipinski definition) is 0. The Morgan fingerprint density at radius 1 is 1.22 bits per heavy atom. The SMILES string of the molecule is C[S+](C)C1C=C(O[Si](C)(C)C(C)(C)C)CCCC1. The lowest BCUT2D eigenvalue weighted by atomic mass is 10.2. The van der Waals surface area contributed by atoms with Crippen LogP contribution in [0.5, 0.6) is 0 Å². The highest BCUT2D eigenvalue weighted by Crippen LogP contribution is 2.39. The Hall–Kier alpha value is 0.107. The molecule has 3 heteroatoms. The smallest absolute Gasteiger partial charge is 0.250 e. The Balaban J connectivity index is 2.81. The maximum absolute atomic E-state index is 6.51. The molecular weight excluding hydrogens is 256 g/mol. The molecule has 0 aromatic carbocycles. The van der Waals surface area contributed by atoms with Crippen LogP contribution in [0.4, 0.5) is 0 Å². The summed E-state index contributed by atoms with van der Waals surface area (Å²) in [6, 6.07) is 0. The number of allylic oxidation sites excluding steroid dienone is 1. The Morgan fingerprint density at radius 2 is 1.83 bits per heavy atom. The minimum Gasteiger partial charge on any atom is -0.547 e. The monoisotopic (exact) mass is 287 g/mol. The van der Waals surface area contributed by atoms with Gasteiger partial charge in [0.15, 0.2) is 0 Å². The molecule has 1 aliphatic carbocycles. The normalized spacial score (nSPS) is 22.7. The number of rotatable bonds is 3.